The molecule has 0 radical (unpaired) electrons. The molecule has 1 fully saturated rings. The van der Waals surface area contributed by atoms with Gasteiger partial charge in [-0.25, -0.2) is 9.67 Å². The highest BCUT2D eigenvalue weighted by Gasteiger charge is 2.48. The number of aromatic nitrogens is 3. The fraction of sp³-hybridized carbons (Fsp3) is 0.524. The number of aliphatic hydroxyl groups excluding tert-OH is 1. The number of carbonyl (C=O) groups is 2. The first kappa shape index (κ1) is 23.5. The van der Waals surface area contributed by atoms with Gasteiger partial charge in [-0.3, -0.25) is 14.5 Å². The number of nitrogens with zero attached hydrogens (tertiary/aromatic N) is 4. The van der Waals surface area contributed by atoms with Crippen molar-refractivity contribution in [3.8, 4) is 0 Å². The van der Waals surface area contributed by atoms with Crippen LogP contribution in [-0.4, -0.2) is 66.6 Å². The van der Waals surface area contributed by atoms with Gasteiger partial charge in [0.25, 0.3) is 6.47 Å². The van der Waals surface area contributed by atoms with Crippen LogP contribution in [0.4, 0.5) is 0 Å². The fourth-order valence-electron chi connectivity index (χ4n) is 3.99. The van der Waals surface area contributed by atoms with Gasteiger partial charge >= 0.3 is 5.97 Å². The topological polar surface area (TPSA) is 129 Å². The van der Waals surface area contributed by atoms with Crippen LogP contribution in [0.2, 0.25) is 0 Å². The van der Waals surface area contributed by atoms with E-state index in [-0.39, 0.29) is 6.47 Å². The van der Waals surface area contributed by atoms with E-state index in [2.05, 4.69) is 27.1 Å². The zero-order valence-electron chi connectivity index (χ0n) is 17.2. The molecule has 0 saturated carbocycles. The number of hydrogen-bond acceptors (Lipinski definition) is 6. The van der Waals surface area contributed by atoms with Crippen molar-refractivity contribution in [2.75, 3.05) is 13.1 Å². The Morgan fingerprint density at radius 3 is 2.67 bits per heavy atom. The van der Waals surface area contributed by atoms with Crippen LogP contribution < -0.4 is 0 Å². The van der Waals surface area contributed by atoms with Gasteiger partial charge in [-0.1, -0.05) is 30.3 Å². The maximum Gasteiger partial charge on any atom is 0.313 e. The third-order valence-electron chi connectivity index (χ3n) is 5.58. The van der Waals surface area contributed by atoms with E-state index < -0.39 is 17.5 Å². The van der Waals surface area contributed by atoms with Gasteiger partial charge in [0.1, 0.15) is 17.6 Å². The third-order valence-corrected chi connectivity index (χ3v) is 5.58. The molecule has 2 atom stereocenters. The summed E-state index contributed by atoms with van der Waals surface area (Å²) in [5.41, 5.74) is 0.0561. The molecule has 2 heterocycles. The molecule has 3 N–H and O–H groups in total. The Hall–Kier alpha value is -2.78. The minimum absolute atomic E-state index is 0.250. The average Bonchev–Trinajstić information content (AvgIpc) is 3.18. The average molecular weight is 418 g/mol. The van der Waals surface area contributed by atoms with Crippen molar-refractivity contribution in [2.45, 2.75) is 51.8 Å². The van der Waals surface area contributed by atoms with Gasteiger partial charge in [0, 0.05) is 19.6 Å². The molecule has 0 spiro atoms. The molecule has 30 heavy (non-hydrogen) atoms. The van der Waals surface area contributed by atoms with Crippen LogP contribution in [0.3, 0.4) is 0 Å². The summed E-state index contributed by atoms with van der Waals surface area (Å²) in [5.74, 6) is -0.0813. The van der Waals surface area contributed by atoms with Gasteiger partial charge < -0.3 is 15.3 Å². The van der Waals surface area contributed by atoms with Crippen molar-refractivity contribution in [3.63, 3.8) is 0 Å². The van der Waals surface area contributed by atoms with E-state index in [1.54, 1.807) is 0 Å². The number of benzene rings is 1. The Morgan fingerprint density at radius 1 is 1.33 bits per heavy atom. The Morgan fingerprint density at radius 2 is 2.03 bits per heavy atom. The molecule has 1 aliphatic rings. The van der Waals surface area contributed by atoms with E-state index in [1.165, 1.54) is 11.9 Å². The zero-order chi connectivity index (χ0) is 22.0. The Kier molecular flexibility index (Phi) is 8.94. The second kappa shape index (κ2) is 11.4. The van der Waals surface area contributed by atoms with Crippen molar-refractivity contribution >= 4 is 12.4 Å². The molecule has 2 aromatic rings. The van der Waals surface area contributed by atoms with Gasteiger partial charge in [-0.2, -0.15) is 5.10 Å². The SMILES string of the molecule is CCn1ncnc1CN1CC[C@@H](O)[C@](CCCc2ccccc2)(C(=O)O)C1.O=CO. The Balaban J connectivity index is 0.00000101. The molecule has 1 aromatic heterocycles. The smallest absolute Gasteiger partial charge is 0.313 e. The van der Waals surface area contributed by atoms with Gasteiger partial charge in [-0.15, -0.1) is 0 Å². The summed E-state index contributed by atoms with van der Waals surface area (Å²) in [4.78, 5) is 26.9. The summed E-state index contributed by atoms with van der Waals surface area (Å²) in [5, 5.41) is 31.6. The van der Waals surface area contributed by atoms with Crippen molar-refractivity contribution in [2.24, 2.45) is 5.41 Å². The second-order valence-electron chi connectivity index (χ2n) is 7.41. The van der Waals surface area contributed by atoms with Crippen molar-refractivity contribution in [3.05, 3.63) is 48.0 Å². The number of piperidine rings is 1. The molecule has 0 amide bonds. The molecular weight excluding hydrogens is 388 g/mol. The number of carboxylic acid groups (broad SMARTS) is 2. The summed E-state index contributed by atoms with van der Waals surface area (Å²) in [7, 11) is 0. The summed E-state index contributed by atoms with van der Waals surface area (Å²) in [6.45, 7) is 4.02. The molecule has 164 valence electrons. The minimum Gasteiger partial charge on any atom is -0.483 e. The molecule has 0 unspecified atom stereocenters. The number of aryl methyl sites for hydroxylation is 2. The van der Waals surface area contributed by atoms with E-state index in [1.807, 2.05) is 29.8 Å². The molecule has 1 aromatic carbocycles. The van der Waals surface area contributed by atoms with Crippen molar-refractivity contribution in [1.29, 1.82) is 0 Å². The highest BCUT2D eigenvalue weighted by atomic mass is 16.4. The van der Waals surface area contributed by atoms with E-state index in [9.17, 15) is 15.0 Å². The predicted molar refractivity (Wildman–Crippen MR) is 110 cm³/mol. The normalized spacial score (nSPS) is 21.5. The largest absolute Gasteiger partial charge is 0.483 e. The molecule has 9 heteroatoms. The molecule has 1 saturated heterocycles. The number of aliphatic hydroxyl groups is 1. The standard InChI is InChI=1S/C20H28N4O3.CH2O2/c1-2-24-18(21-15-22-24)13-23-12-10-17(25)20(14-23,19(26)27)11-6-9-16-7-4-3-5-8-16;2-1-3/h3-5,7-8,15,17,25H,2,6,9-14H2,1H3,(H,26,27);1H,(H,2,3)/t17-,20-;/m1./s1. The number of aliphatic carboxylic acids is 1. The van der Waals surface area contributed by atoms with Crippen molar-refractivity contribution < 1.29 is 24.9 Å². The Labute approximate surface area is 176 Å². The van der Waals surface area contributed by atoms with Crippen LogP contribution in [-0.2, 0) is 29.1 Å². The van der Waals surface area contributed by atoms with Crippen LogP contribution in [0.5, 0.6) is 0 Å². The van der Waals surface area contributed by atoms with Crippen LogP contribution in [0.1, 0.15) is 37.6 Å². The van der Waals surface area contributed by atoms with E-state index in [4.69, 9.17) is 9.90 Å². The number of hydrogen-bond donors (Lipinski definition) is 3. The summed E-state index contributed by atoms with van der Waals surface area (Å²) < 4.78 is 1.82. The second-order valence-corrected chi connectivity index (χ2v) is 7.41. The lowest BCUT2D eigenvalue weighted by Gasteiger charge is -2.43. The number of carboxylic acids is 1. The van der Waals surface area contributed by atoms with E-state index in [0.717, 1.165) is 25.2 Å². The monoisotopic (exact) mass is 418 g/mol. The third kappa shape index (κ3) is 5.87. The fourth-order valence-corrected chi connectivity index (χ4v) is 3.99. The highest BCUT2D eigenvalue weighted by molar-refractivity contribution is 5.76. The Bertz CT molecular complexity index is 798. The quantitative estimate of drug-likeness (QED) is 0.552. The molecule has 0 aliphatic carbocycles. The molecular formula is C21H30N4O5. The zero-order valence-corrected chi connectivity index (χ0v) is 17.2. The predicted octanol–water partition coefficient (Wildman–Crippen LogP) is 1.66. The number of likely N-dealkylation sites (tertiary alicyclic amines) is 1. The van der Waals surface area contributed by atoms with Crippen LogP contribution in [0.25, 0.3) is 0 Å². The molecule has 3 rings (SSSR count). The van der Waals surface area contributed by atoms with Crippen LogP contribution in [0.15, 0.2) is 36.7 Å². The molecule has 0 bridgehead atoms. The summed E-state index contributed by atoms with van der Waals surface area (Å²) in [6, 6.07) is 10.1. The van der Waals surface area contributed by atoms with Crippen molar-refractivity contribution in [1.82, 2.24) is 19.7 Å². The summed E-state index contributed by atoms with van der Waals surface area (Å²) >= 11 is 0. The first-order valence-corrected chi connectivity index (χ1v) is 10.1. The maximum absolute atomic E-state index is 12.2. The van der Waals surface area contributed by atoms with E-state index >= 15 is 0 Å². The number of rotatable bonds is 8. The van der Waals surface area contributed by atoms with E-state index in [0.29, 0.717) is 32.5 Å². The van der Waals surface area contributed by atoms with Crippen LogP contribution >= 0.6 is 0 Å². The van der Waals surface area contributed by atoms with Gasteiger partial charge in [0.05, 0.1) is 12.6 Å². The van der Waals surface area contributed by atoms with Gasteiger partial charge in [-0.05, 0) is 38.2 Å². The lowest BCUT2D eigenvalue weighted by atomic mass is 9.73. The van der Waals surface area contributed by atoms with Gasteiger partial charge in [0.15, 0.2) is 0 Å². The molecule has 1 aliphatic heterocycles. The van der Waals surface area contributed by atoms with Crippen LogP contribution in [0, 0.1) is 5.41 Å². The lowest BCUT2D eigenvalue weighted by molar-refractivity contribution is -0.165. The van der Waals surface area contributed by atoms with Gasteiger partial charge in [0.2, 0.25) is 0 Å². The summed E-state index contributed by atoms with van der Waals surface area (Å²) in [6.07, 6.45) is 3.15. The first-order valence-electron chi connectivity index (χ1n) is 10.1. The maximum atomic E-state index is 12.2. The first-order chi connectivity index (χ1) is 14.5. The molecule has 9 nitrogen and oxygen atoms in total. The lowest BCUT2D eigenvalue weighted by Crippen LogP contribution is -2.55. The highest BCUT2D eigenvalue weighted by Crippen LogP contribution is 2.36. The minimum atomic E-state index is -1.13.